The average Bonchev–Trinajstić information content (AvgIpc) is 2.86. The first kappa shape index (κ1) is 14.2. The van der Waals surface area contributed by atoms with Gasteiger partial charge < -0.3 is 5.11 Å². The second kappa shape index (κ2) is 5.95. The zero-order valence-electron chi connectivity index (χ0n) is 12.0. The summed E-state index contributed by atoms with van der Waals surface area (Å²) in [6, 6.07) is 8.15. The van der Waals surface area contributed by atoms with Crippen molar-refractivity contribution >= 4 is 17.3 Å². The van der Waals surface area contributed by atoms with Crippen molar-refractivity contribution in [2.45, 2.75) is 32.4 Å². The highest BCUT2D eigenvalue weighted by Crippen LogP contribution is 2.34. The normalized spacial score (nSPS) is 18.4. The molecule has 0 aliphatic carbocycles. The number of nitrogens with zero attached hydrogens (tertiary/aromatic N) is 2. The topological polar surface area (TPSA) is 53.4 Å². The van der Waals surface area contributed by atoms with Crippen LogP contribution in [-0.2, 0) is 17.8 Å². The molecule has 21 heavy (non-hydrogen) atoms. The molecule has 0 bridgehead atoms. The van der Waals surface area contributed by atoms with E-state index < -0.39 is 5.97 Å². The molecule has 1 N–H and O–H groups in total. The van der Waals surface area contributed by atoms with E-state index >= 15 is 0 Å². The fourth-order valence-corrected chi connectivity index (χ4v) is 3.76. The van der Waals surface area contributed by atoms with Gasteiger partial charge in [0.2, 0.25) is 0 Å². The Morgan fingerprint density at radius 2 is 2.29 bits per heavy atom. The maximum Gasteiger partial charge on any atom is 0.305 e. The first-order chi connectivity index (χ1) is 10.1. The van der Waals surface area contributed by atoms with Crippen LogP contribution in [0.1, 0.15) is 34.2 Å². The van der Waals surface area contributed by atoms with Crippen molar-refractivity contribution in [3.8, 4) is 0 Å². The molecule has 1 aliphatic rings. The molecule has 0 fully saturated rings. The number of thiazole rings is 1. The lowest BCUT2D eigenvalue weighted by atomic mass is 9.90. The molecule has 0 saturated carbocycles. The molecule has 5 heteroatoms. The van der Waals surface area contributed by atoms with Crippen LogP contribution in [0, 0.1) is 6.92 Å². The Hall–Kier alpha value is -1.72. The maximum atomic E-state index is 11.3. The summed E-state index contributed by atoms with van der Waals surface area (Å²) in [7, 11) is 0. The van der Waals surface area contributed by atoms with E-state index in [-0.39, 0.29) is 12.5 Å². The third kappa shape index (κ3) is 2.99. The van der Waals surface area contributed by atoms with Crippen molar-refractivity contribution in [1.82, 2.24) is 9.88 Å². The molecule has 4 nitrogen and oxygen atoms in total. The smallest absolute Gasteiger partial charge is 0.305 e. The summed E-state index contributed by atoms with van der Waals surface area (Å²) in [5, 5.41) is 9.25. The van der Waals surface area contributed by atoms with Gasteiger partial charge in [-0.3, -0.25) is 9.69 Å². The number of carboxylic acids is 1. The van der Waals surface area contributed by atoms with Crippen LogP contribution in [-0.4, -0.2) is 27.5 Å². The minimum atomic E-state index is -0.747. The molecule has 1 aromatic heterocycles. The van der Waals surface area contributed by atoms with Gasteiger partial charge in [0.15, 0.2) is 0 Å². The van der Waals surface area contributed by atoms with Gasteiger partial charge in [-0.1, -0.05) is 24.3 Å². The fraction of sp³-hybridized carbons (Fsp3) is 0.375. The van der Waals surface area contributed by atoms with Crippen LogP contribution in [0.3, 0.4) is 0 Å². The molecule has 0 amide bonds. The van der Waals surface area contributed by atoms with E-state index in [2.05, 4.69) is 22.0 Å². The van der Waals surface area contributed by atoms with Crippen LogP contribution in [0.2, 0.25) is 0 Å². The van der Waals surface area contributed by atoms with Gasteiger partial charge in [0.05, 0.1) is 17.6 Å². The molecule has 110 valence electrons. The van der Waals surface area contributed by atoms with Gasteiger partial charge in [-0.2, -0.15) is 0 Å². The lowest BCUT2D eigenvalue weighted by molar-refractivity contribution is -0.138. The molecule has 2 heterocycles. The van der Waals surface area contributed by atoms with E-state index in [0.29, 0.717) is 0 Å². The van der Waals surface area contributed by atoms with E-state index in [0.717, 1.165) is 30.8 Å². The third-order valence-electron chi connectivity index (χ3n) is 4.08. The summed E-state index contributed by atoms with van der Waals surface area (Å²) in [5.74, 6) is -0.747. The summed E-state index contributed by atoms with van der Waals surface area (Å²) < 4.78 is 0. The van der Waals surface area contributed by atoms with Gasteiger partial charge in [-0.15, -0.1) is 11.3 Å². The summed E-state index contributed by atoms with van der Waals surface area (Å²) >= 11 is 1.65. The molecule has 1 unspecified atom stereocenters. The molecule has 0 radical (unpaired) electrons. The fourth-order valence-electron chi connectivity index (χ4n) is 2.96. The minimum Gasteiger partial charge on any atom is -0.481 e. The number of hydrogen-bond donors (Lipinski definition) is 1. The molecule has 3 rings (SSSR count). The number of aryl methyl sites for hydroxylation is 1. The summed E-state index contributed by atoms with van der Waals surface area (Å²) in [4.78, 5) is 19.0. The predicted molar refractivity (Wildman–Crippen MR) is 82.4 cm³/mol. The molecule has 1 aromatic carbocycles. The highest BCUT2D eigenvalue weighted by atomic mass is 32.1. The first-order valence-corrected chi connectivity index (χ1v) is 7.95. The number of aliphatic carboxylic acids is 1. The van der Waals surface area contributed by atoms with Crippen molar-refractivity contribution in [1.29, 1.82) is 0 Å². The van der Waals surface area contributed by atoms with Gasteiger partial charge in [0, 0.05) is 24.0 Å². The first-order valence-electron chi connectivity index (χ1n) is 7.07. The van der Waals surface area contributed by atoms with Crippen LogP contribution in [0.5, 0.6) is 0 Å². The Morgan fingerprint density at radius 1 is 1.48 bits per heavy atom. The van der Waals surface area contributed by atoms with E-state index in [9.17, 15) is 9.90 Å². The minimum absolute atomic E-state index is 0.0473. The summed E-state index contributed by atoms with van der Waals surface area (Å²) in [6.45, 7) is 3.69. The van der Waals surface area contributed by atoms with E-state index in [1.165, 1.54) is 10.4 Å². The van der Waals surface area contributed by atoms with Crippen molar-refractivity contribution in [3.05, 3.63) is 51.5 Å². The van der Waals surface area contributed by atoms with Crippen LogP contribution in [0.4, 0.5) is 0 Å². The second-order valence-electron chi connectivity index (χ2n) is 5.39. The number of carbonyl (C=O) groups is 1. The quantitative estimate of drug-likeness (QED) is 0.943. The van der Waals surface area contributed by atoms with Gasteiger partial charge >= 0.3 is 5.97 Å². The van der Waals surface area contributed by atoms with Crippen LogP contribution in [0.15, 0.2) is 29.8 Å². The number of aromatic nitrogens is 1. The summed E-state index contributed by atoms with van der Waals surface area (Å²) in [5.41, 5.74) is 5.34. The van der Waals surface area contributed by atoms with Gasteiger partial charge in [0.25, 0.3) is 0 Å². The molecule has 1 aliphatic heterocycles. The lowest BCUT2D eigenvalue weighted by Crippen LogP contribution is -2.36. The van der Waals surface area contributed by atoms with E-state index in [4.69, 9.17) is 0 Å². The highest BCUT2D eigenvalue weighted by molar-refractivity contribution is 7.09. The third-order valence-corrected chi connectivity index (χ3v) is 5.00. The standard InChI is InChI=1S/C16H18N2O2S/c1-11-15(21-10-17-11)9-18-7-6-12-4-2-3-5-13(12)14(18)8-16(19)20/h2-5,10,14H,6-9H2,1H3,(H,19,20). The van der Waals surface area contributed by atoms with Crippen LogP contribution < -0.4 is 0 Å². The molecule has 0 saturated heterocycles. The number of rotatable bonds is 4. The Kier molecular flexibility index (Phi) is 4.03. The predicted octanol–water partition coefficient (Wildman–Crippen LogP) is 3.03. The zero-order valence-corrected chi connectivity index (χ0v) is 12.8. The monoisotopic (exact) mass is 302 g/mol. The summed E-state index contributed by atoms with van der Waals surface area (Å²) in [6.07, 6.45) is 1.12. The Balaban J connectivity index is 1.89. The SMILES string of the molecule is Cc1ncsc1CN1CCc2ccccc2C1CC(=O)O. The maximum absolute atomic E-state index is 11.3. The van der Waals surface area contributed by atoms with Gasteiger partial charge in [-0.05, 0) is 24.5 Å². The van der Waals surface area contributed by atoms with Crippen molar-refractivity contribution < 1.29 is 9.90 Å². The molecule has 0 spiro atoms. The van der Waals surface area contributed by atoms with Crippen molar-refractivity contribution in [3.63, 3.8) is 0 Å². The largest absolute Gasteiger partial charge is 0.481 e. The highest BCUT2D eigenvalue weighted by Gasteiger charge is 2.29. The second-order valence-corrected chi connectivity index (χ2v) is 6.33. The zero-order chi connectivity index (χ0) is 14.8. The average molecular weight is 302 g/mol. The Morgan fingerprint density at radius 3 is 3.00 bits per heavy atom. The van der Waals surface area contributed by atoms with E-state index in [1.54, 1.807) is 11.3 Å². The Labute approximate surface area is 128 Å². The van der Waals surface area contributed by atoms with Crippen LogP contribution in [0.25, 0.3) is 0 Å². The number of hydrogen-bond acceptors (Lipinski definition) is 4. The van der Waals surface area contributed by atoms with Crippen molar-refractivity contribution in [2.24, 2.45) is 0 Å². The lowest BCUT2D eigenvalue weighted by Gasteiger charge is -2.36. The van der Waals surface area contributed by atoms with Crippen LogP contribution >= 0.6 is 11.3 Å². The Bertz CT molecular complexity index is 653. The molecular formula is C16H18N2O2S. The van der Waals surface area contributed by atoms with Gasteiger partial charge in [-0.25, -0.2) is 4.98 Å². The number of benzene rings is 1. The molecule has 1 atom stereocenters. The van der Waals surface area contributed by atoms with Gasteiger partial charge in [0.1, 0.15) is 0 Å². The number of carboxylic acid groups (broad SMARTS) is 1. The number of fused-ring (bicyclic) bond motifs is 1. The molecular weight excluding hydrogens is 284 g/mol. The van der Waals surface area contributed by atoms with E-state index in [1.807, 2.05) is 24.6 Å². The molecule has 2 aromatic rings. The van der Waals surface area contributed by atoms with Crippen molar-refractivity contribution in [2.75, 3.05) is 6.54 Å².